The number of thiophene rings is 1. The molecule has 5 nitrogen and oxygen atoms in total. The second-order valence-electron chi connectivity index (χ2n) is 3.57. The number of nitrogens with zero attached hydrogens (tertiary/aromatic N) is 2. The summed E-state index contributed by atoms with van der Waals surface area (Å²) >= 11 is 1.57. The van der Waals surface area contributed by atoms with Crippen LogP contribution in [0.5, 0.6) is 0 Å². The smallest absolute Gasteiger partial charge is 0.270 e. The first kappa shape index (κ1) is 9.98. The molecule has 17 heavy (non-hydrogen) atoms. The number of hydrogen-bond acceptors (Lipinski definition) is 4. The molecule has 0 amide bonds. The van der Waals surface area contributed by atoms with Crippen molar-refractivity contribution < 1.29 is 4.92 Å². The van der Waals surface area contributed by atoms with E-state index >= 15 is 0 Å². The lowest BCUT2D eigenvalue weighted by Gasteiger charge is -1.94. The lowest BCUT2D eigenvalue weighted by molar-refractivity contribution is -0.384. The van der Waals surface area contributed by atoms with Gasteiger partial charge < -0.3 is 0 Å². The van der Waals surface area contributed by atoms with Crippen LogP contribution in [0.1, 0.15) is 0 Å². The number of benzene rings is 1. The highest BCUT2D eigenvalue weighted by Crippen LogP contribution is 2.30. The van der Waals surface area contributed by atoms with E-state index in [0.717, 1.165) is 22.2 Å². The fraction of sp³-hybridized carbons (Fsp3) is 0. The van der Waals surface area contributed by atoms with Gasteiger partial charge in [-0.3, -0.25) is 15.2 Å². The SMILES string of the molecule is O=[N+]([O-])c1ccc2[nH]nc(-c3ccsc3)c2c1. The van der Waals surface area contributed by atoms with Crippen LogP contribution >= 0.6 is 11.3 Å². The van der Waals surface area contributed by atoms with E-state index in [-0.39, 0.29) is 5.69 Å². The van der Waals surface area contributed by atoms with Gasteiger partial charge in [0.15, 0.2) is 0 Å². The number of nitro groups is 1. The van der Waals surface area contributed by atoms with Gasteiger partial charge in [-0.25, -0.2) is 0 Å². The number of fused-ring (bicyclic) bond motifs is 1. The average molecular weight is 245 g/mol. The van der Waals surface area contributed by atoms with Crippen LogP contribution in [0.15, 0.2) is 35.0 Å². The Hall–Kier alpha value is -2.21. The first-order valence-corrected chi connectivity index (χ1v) is 5.85. The van der Waals surface area contributed by atoms with E-state index in [1.165, 1.54) is 6.07 Å². The molecule has 3 rings (SSSR count). The van der Waals surface area contributed by atoms with Crippen molar-refractivity contribution in [3.63, 3.8) is 0 Å². The van der Waals surface area contributed by atoms with Gasteiger partial charge in [0, 0.05) is 28.5 Å². The average Bonchev–Trinajstić information content (AvgIpc) is 2.96. The van der Waals surface area contributed by atoms with E-state index in [0.29, 0.717) is 0 Å². The summed E-state index contributed by atoms with van der Waals surface area (Å²) < 4.78 is 0. The number of H-pyrrole nitrogens is 1. The zero-order valence-electron chi connectivity index (χ0n) is 8.58. The molecule has 84 valence electrons. The molecule has 0 saturated heterocycles. The third-order valence-electron chi connectivity index (χ3n) is 2.55. The Morgan fingerprint density at radius 1 is 1.35 bits per heavy atom. The van der Waals surface area contributed by atoms with Crippen LogP contribution in [-0.4, -0.2) is 15.1 Å². The number of aromatic nitrogens is 2. The van der Waals surface area contributed by atoms with Gasteiger partial charge >= 0.3 is 0 Å². The molecule has 0 radical (unpaired) electrons. The minimum Gasteiger partial charge on any atom is -0.277 e. The molecule has 2 aromatic heterocycles. The maximum atomic E-state index is 10.7. The van der Waals surface area contributed by atoms with E-state index in [1.54, 1.807) is 23.5 Å². The van der Waals surface area contributed by atoms with Gasteiger partial charge in [-0.15, -0.1) is 0 Å². The molecule has 0 atom stereocenters. The molecule has 0 saturated carbocycles. The van der Waals surface area contributed by atoms with E-state index in [4.69, 9.17) is 0 Å². The molecule has 0 aliphatic carbocycles. The van der Waals surface area contributed by atoms with E-state index in [9.17, 15) is 10.1 Å². The fourth-order valence-corrected chi connectivity index (χ4v) is 2.38. The van der Waals surface area contributed by atoms with Crippen molar-refractivity contribution in [1.82, 2.24) is 10.2 Å². The molecule has 6 heteroatoms. The molecule has 0 unspecified atom stereocenters. The molecule has 0 fully saturated rings. The largest absolute Gasteiger partial charge is 0.277 e. The molecule has 3 aromatic rings. The van der Waals surface area contributed by atoms with Gasteiger partial charge in [0.05, 0.1) is 10.4 Å². The molecular formula is C11H7N3O2S. The summed E-state index contributed by atoms with van der Waals surface area (Å²) in [5.41, 5.74) is 2.61. The van der Waals surface area contributed by atoms with Crippen LogP contribution in [0.25, 0.3) is 22.2 Å². The standard InChI is InChI=1S/C11H7N3O2S/c15-14(16)8-1-2-10-9(5-8)11(13-12-10)7-3-4-17-6-7/h1-6H,(H,12,13). The molecular weight excluding hydrogens is 238 g/mol. The molecule has 0 aliphatic heterocycles. The molecule has 2 heterocycles. The highest BCUT2D eigenvalue weighted by Gasteiger charge is 2.12. The summed E-state index contributed by atoms with van der Waals surface area (Å²) in [6, 6.07) is 6.64. The van der Waals surface area contributed by atoms with Crippen LogP contribution in [-0.2, 0) is 0 Å². The van der Waals surface area contributed by atoms with Gasteiger partial charge in [0.2, 0.25) is 0 Å². The Balaban J connectivity index is 2.26. The monoisotopic (exact) mass is 245 g/mol. The van der Waals surface area contributed by atoms with Gasteiger partial charge in [-0.05, 0) is 17.5 Å². The van der Waals surface area contributed by atoms with Crippen LogP contribution in [0.3, 0.4) is 0 Å². The van der Waals surface area contributed by atoms with E-state index < -0.39 is 4.92 Å². The zero-order valence-corrected chi connectivity index (χ0v) is 9.40. The van der Waals surface area contributed by atoms with Crippen molar-refractivity contribution in [3.05, 3.63) is 45.1 Å². The second-order valence-corrected chi connectivity index (χ2v) is 4.35. The molecule has 1 aromatic carbocycles. The zero-order chi connectivity index (χ0) is 11.8. The Kier molecular flexibility index (Phi) is 2.15. The first-order valence-electron chi connectivity index (χ1n) is 4.91. The normalized spacial score (nSPS) is 10.8. The number of hydrogen-bond donors (Lipinski definition) is 1. The Morgan fingerprint density at radius 2 is 2.24 bits per heavy atom. The van der Waals surface area contributed by atoms with Crippen molar-refractivity contribution in [1.29, 1.82) is 0 Å². The minimum atomic E-state index is -0.399. The van der Waals surface area contributed by atoms with Gasteiger partial charge in [-0.1, -0.05) is 0 Å². The molecule has 1 N–H and O–H groups in total. The van der Waals surface area contributed by atoms with Crippen molar-refractivity contribution >= 4 is 27.9 Å². The van der Waals surface area contributed by atoms with Crippen molar-refractivity contribution in [2.24, 2.45) is 0 Å². The Bertz CT molecular complexity index is 688. The fourth-order valence-electron chi connectivity index (χ4n) is 1.73. The van der Waals surface area contributed by atoms with Gasteiger partial charge in [0.1, 0.15) is 5.69 Å². The number of aromatic amines is 1. The van der Waals surface area contributed by atoms with Crippen molar-refractivity contribution in [3.8, 4) is 11.3 Å². The number of rotatable bonds is 2. The van der Waals surface area contributed by atoms with Crippen molar-refractivity contribution in [2.45, 2.75) is 0 Å². The maximum absolute atomic E-state index is 10.7. The third-order valence-corrected chi connectivity index (χ3v) is 3.24. The quantitative estimate of drug-likeness (QED) is 0.556. The highest BCUT2D eigenvalue weighted by atomic mass is 32.1. The minimum absolute atomic E-state index is 0.0791. The molecule has 0 bridgehead atoms. The second kappa shape index (κ2) is 3.67. The summed E-state index contributed by atoms with van der Waals surface area (Å²) in [4.78, 5) is 10.3. The summed E-state index contributed by atoms with van der Waals surface area (Å²) in [6.07, 6.45) is 0. The lowest BCUT2D eigenvalue weighted by Crippen LogP contribution is -1.86. The summed E-state index contributed by atoms with van der Waals surface area (Å²) in [7, 11) is 0. The van der Waals surface area contributed by atoms with Crippen molar-refractivity contribution in [2.75, 3.05) is 0 Å². The lowest BCUT2D eigenvalue weighted by atomic mass is 10.1. The van der Waals surface area contributed by atoms with Gasteiger partial charge in [-0.2, -0.15) is 16.4 Å². The van der Waals surface area contributed by atoms with E-state index in [1.807, 2.05) is 16.8 Å². The van der Waals surface area contributed by atoms with Crippen LogP contribution in [0.4, 0.5) is 5.69 Å². The number of nitrogens with one attached hydrogen (secondary N) is 1. The summed E-state index contributed by atoms with van der Waals surface area (Å²) in [5.74, 6) is 0. The third kappa shape index (κ3) is 1.58. The summed E-state index contributed by atoms with van der Waals surface area (Å²) in [5, 5.41) is 22.5. The number of non-ortho nitro benzene ring substituents is 1. The van der Waals surface area contributed by atoms with Crippen LogP contribution < -0.4 is 0 Å². The first-order chi connectivity index (χ1) is 8.25. The highest BCUT2D eigenvalue weighted by molar-refractivity contribution is 7.08. The predicted octanol–water partition coefficient (Wildman–Crippen LogP) is 3.20. The maximum Gasteiger partial charge on any atom is 0.270 e. The Morgan fingerprint density at radius 3 is 2.94 bits per heavy atom. The van der Waals surface area contributed by atoms with Gasteiger partial charge in [0.25, 0.3) is 5.69 Å². The number of nitro benzene ring substituents is 1. The van der Waals surface area contributed by atoms with Crippen LogP contribution in [0.2, 0.25) is 0 Å². The van der Waals surface area contributed by atoms with Crippen LogP contribution in [0, 0.1) is 10.1 Å². The summed E-state index contributed by atoms with van der Waals surface area (Å²) in [6.45, 7) is 0. The molecule has 0 spiro atoms. The molecule has 0 aliphatic rings. The van der Waals surface area contributed by atoms with E-state index in [2.05, 4.69) is 10.2 Å². The Labute approximate surface area is 99.9 Å². The topological polar surface area (TPSA) is 71.8 Å². The predicted molar refractivity (Wildman–Crippen MR) is 66.1 cm³/mol.